The van der Waals surface area contributed by atoms with Crippen LogP contribution in [-0.4, -0.2) is 35.1 Å². The summed E-state index contributed by atoms with van der Waals surface area (Å²) in [7, 11) is 0. The summed E-state index contributed by atoms with van der Waals surface area (Å²) in [6, 6.07) is 13.2. The molecule has 1 amide bonds. The minimum absolute atomic E-state index is 0.119. The predicted molar refractivity (Wildman–Crippen MR) is 149 cm³/mol. The van der Waals surface area contributed by atoms with Crippen LogP contribution in [0.3, 0.4) is 0 Å². The molecule has 6 bridgehead atoms. The number of carbonyl (C=O) groups excluding carboxylic acids is 1. The van der Waals surface area contributed by atoms with E-state index in [0.717, 1.165) is 41.8 Å². The lowest BCUT2D eigenvalue weighted by atomic mass is 9.90. The van der Waals surface area contributed by atoms with Crippen molar-refractivity contribution in [3.8, 4) is 17.0 Å². The topological polar surface area (TPSA) is 111 Å². The Morgan fingerprint density at radius 2 is 1.92 bits per heavy atom. The standard InChI is InChI=1S/C30H37N5O3/c1-30(2)13-15-32-28(36)20-8-10-24(25(31)17-20)26-12-14-33-29(35-26)34-22-9-11-27(21(16-22)18-37-19-30)38-23-6-4-3-5-7-23/h8-12,14,16-17,23H,3-7,13,15,18-19,31H2,1-2H3,(H,32,36)(H,33,34,35). The molecule has 6 rings (SSSR count). The number of anilines is 3. The van der Waals surface area contributed by atoms with Crippen LogP contribution in [0.15, 0.2) is 48.7 Å². The molecule has 8 heteroatoms. The second-order valence-electron chi connectivity index (χ2n) is 11.1. The van der Waals surface area contributed by atoms with Crippen LogP contribution in [0.4, 0.5) is 17.3 Å². The molecule has 0 spiro atoms. The lowest BCUT2D eigenvalue weighted by molar-refractivity contribution is 0.0446. The molecular formula is C30H37N5O3. The molecule has 38 heavy (non-hydrogen) atoms. The van der Waals surface area contributed by atoms with Crippen molar-refractivity contribution in [2.24, 2.45) is 5.41 Å². The van der Waals surface area contributed by atoms with Crippen molar-refractivity contribution >= 4 is 23.2 Å². The Labute approximate surface area is 224 Å². The van der Waals surface area contributed by atoms with Crippen molar-refractivity contribution < 1.29 is 14.3 Å². The van der Waals surface area contributed by atoms with Crippen LogP contribution < -0.4 is 21.1 Å². The van der Waals surface area contributed by atoms with Gasteiger partial charge in [0.1, 0.15) is 5.75 Å². The largest absolute Gasteiger partial charge is 0.490 e. The molecule has 0 saturated heterocycles. The van der Waals surface area contributed by atoms with E-state index in [9.17, 15) is 4.79 Å². The third-order valence-electron chi connectivity index (χ3n) is 7.25. The summed E-state index contributed by atoms with van der Waals surface area (Å²) in [5.41, 5.74) is 10.5. The van der Waals surface area contributed by atoms with Gasteiger partial charge in [0, 0.05) is 40.8 Å². The number of nitrogen functional groups attached to an aromatic ring is 1. The summed E-state index contributed by atoms with van der Waals surface area (Å²) in [6.07, 6.45) is 8.59. The molecular weight excluding hydrogens is 478 g/mol. The van der Waals surface area contributed by atoms with Gasteiger partial charge in [-0.3, -0.25) is 4.79 Å². The zero-order chi connectivity index (χ0) is 26.5. The van der Waals surface area contributed by atoms with Crippen molar-refractivity contribution in [3.05, 3.63) is 59.8 Å². The number of nitrogens with zero attached hydrogens (tertiary/aromatic N) is 2. The molecule has 1 saturated carbocycles. The Morgan fingerprint density at radius 1 is 1.08 bits per heavy atom. The number of ether oxygens (including phenoxy) is 2. The van der Waals surface area contributed by atoms with E-state index in [1.165, 1.54) is 19.3 Å². The van der Waals surface area contributed by atoms with E-state index in [-0.39, 0.29) is 17.4 Å². The fourth-order valence-corrected chi connectivity index (χ4v) is 5.01. The fraction of sp³-hybridized carbons (Fsp3) is 0.433. The van der Waals surface area contributed by atoms with E-state index in [4.69, 9.17) is 15.2 Å². The van der Waals surface area contributed by atoms with Crippen molar-refractivity contribution in [1.82, 2.24) is 15.3 Å². The molecule has 4 N–H and O–H groups in total. The Balaban J connectivity index is 1.47. The molecule has 200 valence electrons. The van der Waals surface area contributed by atoms with Crippen molar-refractivity contribution in [3.63, 3.8) is 0 Å². The third kappa shape index (κ3) is 6.42. The summed E-state index contributed by atoms with van der Waals surface area (Å²) in [5, 5.41) is 6.34. The Hall–Kier alpha value is -3.65. The van der Waals surface area contributed by atoms with Gasteiger partial charge in [-0.25, -0.2) is 9.97 Å². The molecule has 0 unspecified atom stereocenters. The third-order valence-corrected chi connectivity index (χ3v) is 7.25. The minimum Gasteiger partial charge on any atom is -0.490 e. The monoisotopic (exact) mass is 515 g/mol. The fourth-order valence-electron chi connectivity index (χ4n) is 5.01. The lowest BCUT2D eigenvalue weighted by Crippen LogP contribution is -2.30. The van der Waals surface area contributed by atoms with Gasteiger partial charge in [-0.15, -0.1) is 0 Å². The van der Waals surface area contributed by atoms with Gasteiger partial charge in [0.2, 0.25) is 5.95 Å². The van der Waals surface area contributed by atoms with Gasteiger partial charge in [-0.05, 0) is 80.0 Å². The number of amides is 1. The molecule has 2 aromatic carbocycles. The first-order valence-electron chi connectivity index (χ1n) is 13.5. The Kier molecular flexibility index (Phi) is 7.79. The smallest absolute Gasteiger partial charge is 0.251 e. The maximum Gasteiger partial charge on any atom is 0.251 e. The second kappa shape index (κ2) is 11.4. The number of benzene rings is 2. The maximum atomic E-state index is 12.8. The molecule has 3 aliphatic rings. The van der Waals surface area contributed by atoms with E-state index in [2.05, 4.69) is 40.5 Å². The molecule has 3 heterocycles. The number of hydrogen-bond acceptors (Lipinski definition) is 7. The Bertz CT molecular complexity index is 1290. The van der Waals surface area contributed by atoms with Gasteiger partial charge in [-0.2, -0.15) is 0 Å². The van der Waals surface area contributed by atoms with Crippen molar-refractivity contribution in [2.45, 2.75) is 65.1 Å². The summed E-state index contributed by atoms with van der Waals surface area (Å²) in [4.78, 5) is 21.8. The molecule has 1 aromatic heterocycles. The molecule has 0 atom stereocenters. The number of hydrogen-bond donors (Lipinski definition) is 3. The van der Waals surface area contributed by atoms with E-state index in [0.29, 0.717) is 42.7 Å². The molecule has 0 radical (unpaired) electrons. The minimum atomic E-state index is -0.150. The van der Waals surface area contributed by atoms with Crippen LogP contribution in [0.25, 0.3) is 11.3 Å². The first kappa shape index (κ1) is 26.0. The van der Waals surface area contributed by atoms with Gasteiger partial charge in [-0.1, -0.05) is 20.3 Å². The lowest BCUT2D eigenvalue weighted by Gasteiger charge is -2.26. The number of nitrogens with one attached hydrogen (secondary N) is 2. The number of rotatable bonds is 2. The summed E-state index contributed by atoms with van der Waals surface area (Å²) in [6.45, 7) is 5.82. The zero-order valence-electron chi connectivity index (χ0n) is 22.3. The van der Waals surface area contributed by atoms with Gasteiger partial charge in [0.05, 0.1) is 25.0 Å². The highest BCUT2D eigenvalue weighted by Crippen LogP contribution is 2.31. The molecule has 1 fully saturated rings. The highest BCUT2D eigenvalue weighted by Gasteiger charge is 2.21. The van der Waals surface area contributed by atoms with Crippen LogP contribution in [0, 0.1) is 5.41 Å². The van der Waals surface area contributed by atoms with Gasteiger partial charge >= 0.3 is 0 Å². The van der Waals surface area contributed by atoms with E-state index < -0.39 is 0 Å². The van der Waals surface area contributed by atoms with Gasteiger partial charge < -0.3 is 25.8 Å². The zero-order valence-corrected chi connectivity index (χ0v) is 22.3. The number of fused-ring (bicyclic) bond motifs is 9. The summed E-state index contributed by atoms with van der Waals surface area (Å²) < 4.78 is 12.7. The SMILES string of the molecule is CC1(C)CCNC(=O)c2ccc(c(N)c2)-c2ccnc(n2)Nc2ccc(OC3CCCCC3)c(c2)COC1. The van der Waals surface area contributed by atoms with Crippen LogP contribution >= 0.6 is 0 Å². The quantitative estimate of drug-likeness (QED) is 0.367. The first-order chi connectivity index (χ1) is 18.4. The second-order valence-corrected chi connectivity index (χ2v) is 11.1. The van der Waals surface area contributed by atoms with Crippen molar-refractivity contribution in [2.75, 3.05) is 24.2 Å². The maximum absolute atomic E-state index is 12.8. The first-order valence-corrected chi connectivity index (χ1v) is 13.5. The highest BCUT2D eigenvalue weighted by atomic mass is 16.5. The normalized spacial score (nSPS) is 18.4. The average molecular weight is 516 g/mol. The van der Waals surface area contributed by atoms with Gasteiger partial charge in [0.15, 0.2) is 0 Å². The van der Waals surface area contributed by atoms with Crippen LogP contribution in [0.5, 0.6) is 5.75 Å². The number of carbonyl (C=O) groups is 1. The van der Waals surface area contributed by atoms with Crippen molar-refractivity contribution in [1.29, 1.82) is 0 Å². The van der Waals surface area contributed by atoms with Crippen LogP contribution in [0.1, 0.15) is 68.3 Å². The molecule has 1 aliphatic carbocycles. The number of aromatic nitrogens is 2. The predicted octanol–water partition coefficient (Wildman–Crippen LogP) is 5.86. The van der Waals surface area contributed by atoms with E-state index in [1.54, 1.807) is 18.3 Å². The highest BCUT2D eigenvalue weighted by molar-refractivity contribution is 5.96. The number of nitrogens with two attached hydrogens (primary N) is 1. The average Bonchev–Trinajstić information content (AvgIpc) is 2.90. The molecule has 3 aromatic rings. The molecule has 2 aliphatic heterocycles. The van der Waals surface area contributed by atoms with Gasteiger partial charge in [0.25, 0.3) is 5.91 Å². The van der Waals surface area contributed by atoms with Crippen LogP contribution in [0.2, 0.25) is 0 Å². The van der Waals surface area contributed by atoms with E-state index >= 15 is 0 Å². The Morgan fingerprint density at radius 3 is 2.74 bits per heavy atom. The van der Waals surface area contributed by atoms with Crippen LogP contribution in [-0.2, 0) is 11.3 Å². The summed E-state index contributed by atoms with van der Waals surface area (Å²) >= 11 is 0. The molecule has 8 nitrogen and oxygen atoms in total. The summed E-state index contributed by atoms with van der Waals surface area (Å²) in [5.74, 6) is 1.17. The van der Waals surface area contributed by atoms with E-state index in [1.807, 2.05) is 24.3 Å².